The molecule has 2 aromatic heterocycles. The smallest absolute Gasteiger partial charge is 0.263 e. The minimum absolute atomic E-state index is 0.0385. The largest absolute Gasteiger partial charge is 0.408 e. The van der Waals surface area contributed by atoms with E-state index in [-0.39, 0.29) is 16.3 Å². The van der Waals surface area contributed by atoms with E-state index in [1.807, 2.05) is 0 Å². The molecule has 18 heavy (non-hydrogen) atoms. The summed E-state index contributed by atoms with van der Waals surface area (Å²) in [4.78, 5) is 3.66. The van der Waals surface area contributed by atoms with Gasteiger partial charge in [-0.1, -0.05) is 11.6 Å². The van der Waals surface area contributed by atoms with Gasteiger partial charge in [-0.2, -0.15) is 18.3 Å². The van der Waals surface area contributed by atoms with Gasteiger partial charge in [0.1, 0.15) is 6.54 Å². The number of halogens is 5. The Kier molecular flexibility index (Phi) is 3.25. The average molecular weight is 280 g/mol. The highest BCUT2D eigenvalue weighted by atomic mass is 35.5. The van der Waals surface area contributed by atoms with Gasteiger partial charge in [-0.15, -0.1) is 0 Å². The molecule has 96 valence electrons. The molecule has 0 fully saturated rings. The summed E-state index contributed by atoms with van der Waals surface area (Å²) in [6, 6.07) is 1.27. The quantitative estimate of drug-likeness (QED) is 0.790. The van der Waals surface area contributed by atoms with Crippen molar-refractivity contribution in [3.8, 4) is 11.3 Å². The molecule has 0 aliphatic rings. The van der Waals surface area contributed by atoms with Gasteiger partial charge < -0.3 is 0 Å². The maximum absolute atomic E-state index is 13.6. The van der Waals surface area contributed by atoms with Crippen LogP contribution in [0.1, 0.15) is 0 Å². The second kappa shape index (κ2) is 4.56. The third-order valence-electron chi connectivity index (χ3n) is 2.10. The van der Waals surface area contributed by atoms with E-state index >= 15 is 0 Å². The summed E-state index contributed by atoms with van der Waals surface area (Å²) in [5.74, 6) is -0.760. The molecule has 0 unspecified atom stereocenters. The molecule has 0 atom stereocenters. The van der Waals surface area contributed by atoms with Crippen molar-refractivity contribution in [1.82, 2.24) is 14.8 Å². The zero-order valence-corrected chi connectivity index (χ0v) is 9.50. The highest BCUT2D eigenvalue weighted by Gasteiger charge is 2.28. The summed E-state index contributed by atoms with van der Waals surface area (Å²) in [6.45, 7) is -1.23. The van der Waals surface area contributed by atoms with Crippen molar-refractivity contribution >= 4 is 11.6 Å². The fourth-order valence-corrected chi connectivity index (χ4v) is 1.53. The van der Waals surface area contributed by atoms with Gasteiger partial charge in [-0.05, 0) is 6.07 Å². The summed E-state index contributed by atoms with van der Waals surface area (Å²) in [6.07, 6.45) is -1.01. The average Bonchev–Trinajstić information content (AvgIpc) is 2.68. The van der Waals surface area contributed by atoms with E-state index in [0.717, 1.165) is 18.6 Å². The molecule has 8 heteroatoms. The van der Waals surface area contributed by atoms with Crippen molar-refractivity contribution in [2.45, 2.75) is 12.7 Å². The molecular weight excluding hydrogens is 274 g/mol. The summed E-state index contributed by atoms with van der Waals surface area (Å²) in [7, 11) is 0. The van der Waals surface area contributed by atoms with E-state index in [1.54, 1.807) is 0 Å². The molecule has 0 saturated heterocycles. The summed E-state index contributed by atoms with van der Waals surface area (Å²) in [5, 5.41) is 3.42. The van der Waals surface area contributed by atoms with Crippen molar-refractivity contribution < 1.29 is 17.6 Å². The van der Waals surface area contributed by atoms with Gasteiger partial charge in [0.15, 0.2) is 5.82 Å². The van der Waals surface area contributed by atoms with Crippen LogP contribution in [-0.4, -0.2) is 20.9 Å². The second-order valence-electron chi connectivity index (χ2n) is 3.50. The van der Waals surface area contributed by atoms with Gasteiger partial charge in [-0.25, -0.2) is 4.39 Å². The lowest BCUT2D eigenvalue weighted by molar-refractivity contribution is -0.142. The maximum Gasteiger partial charge on any atom is 0.408 e. The molecule has 0 aromatic carbocycles. The van der Waals surface area contributed by atoms with E-state index in [9.17, 15) is 17.6 Å². The lowest BCUT2D eigenvalue weighted by atomic mass is 10.2. The molecule has 2 aromatic rings. The van der Waals surface area contributed by atoms with Crippen LogP contribution in [0.5, 0.6) is 0 Å². The molecule has 3 nitrogen and oxygen atoms in total. The third-order valence-corrected chi connectivity index (χ3v) is 2.36. The first-order valence-corrected chi connectivity index (χ1v) is 5.14. The first-order chi connectivity index (χ1) is 8.37. The number of nitrogens with zero attached hydrogens (tertiary/aromatic N) is 3. The predicted octanol–water partition coefficient (Wildman–Crippen LogP) is 3.30. The fraction of sp³-hybridized carbons (Fsp3) is 0.200. The molecule has 0 bridgehead atoms. The summed E-state index contributed by atoms with van der Waals surface area (Å²) in [5.41, 5.74) is 0.00942. The Morgan fingerprint density at radius 2 is 2.00 bits per heavy atom. The number of hydrogen-bond donors (Lipinski definition) is 0. The van der Waals surface area contributed by atoms with Crippen molar-refractivity contribution in [2.24, 2.45) is 0 Å². The molecular formula is C10H6ClF4N3. The molecule has 0 spiro atoms. The third kappa shape index (κ3) is 2.79. The summed E-state index contributed by atoms with van der Waals surface area (Å²) >= 11 is 5.52. The zero-order chi connectivity index (χ0) is 13.3. The van der Waals surface area contributed by atoms with Crippen molar-refractivity contribution in [1.29, 1.82) is 0 Å². The van der Waals surface area contributed by atoms with Crippen LogP contribution in [0.15, 0.2) is 24.7 Å². The topological polar surface area (TPSA) is 30.7 Å². The zero-order valence-electron chi connectivity index (χ0n) is 8.75. The lowest BCUT2D eigenvalue weighted by Crippen LogP contribution is -2.17. The molecule has 0 saturated carbocycles. The Morgan fingerprint density at radius 3 is 2.67 bits per heavy atom. The number of rotatable bonds is 2. The maximum atomic E-state index is 13.6. The van der Waals surface area contributed by atoms with Gasteiger partial charge in [0.05, 0.1) is 16.3 Å². The van der Waals surface area contributed by atoms with Gasteiger partial charge in [0.2, 0.25) is 0 Å². The predicted molar refractivity (Wildman–Crippen MR) is 56.5 cm³/mol. The van der Waals surface area contributed by atoms with Gasteiger partial charge in [0, 0.05) is 18.6 Å². The molecule has 0 aliphatic heterocycles. The number of pyridine rings is 1. The molecule has 2 heterocycles. The van der Waals surface area contributed by atoms with Gasteiger partial charge in [-0.3, -0.25) is 9.67 Å². The van der Waals surface area contributed by atoms with Crippen LogP contribution < -0.4 is 0 Å². The molecule has 0 aliphatic carbocycles. The van der Waals surface area contributed by atoms with Crippen LogP contribution in [-0.2, 0) is 6.54 Å². The monoisotopic (exact) mass is 279 g/mol. The highest BCUT2D eigenvalue weighted by molar-refractivity contribution is 6.30. The SMILES string of the molecule is Fc1c(Cl)cncc1-c1ccn(CC(F)(F)F)n1. The van der Waals surface area contributed by atoms with Crippen LogP contribution >= 0.6 is 11.6 Å². The van der Waals surface area contributed by atoms with Gasteiger partial charge >= 0.3 is 6.18 Å². The Balaban J connectivity index is 2.33. The number of alkyl halides is 3. The molecule has 0 N–H and O–H groups in total. The van der Waals surface area contributed by atoms with E-state index in [1.165, 1.54) is 6.07 Å². The Hall–Kier alpha value is -1.63. The van der Waals surface area contributed by atoms with Crippen molar-refractivity contribution in [2.75, 3.05) is 0 Å². The standard InChI is InChI=1S/C10H6ClF4N3/c11-7-4-16-3-6(9(7)12)8-1-2-18(17-8)5-10(13,14)15/h1-4H,5H2. The van der Waals surface area contributed by atoms with E-state index in [2.05, 4.69) is 10.1 Å². The fourth-order valence-electron chi connectivity index (χ4n) is 1.37. The molecule has 2 rings (SSSR count). The molecule has 0 radical (unpaired) electrons. The first kappa shape index (κ1) is 12.8. The minimum Gasteiger partial charge on any atom is -0.263 e. The highest BCUT2D eigenvalue weighted by Crippen LogP contribution is 2.25. The minimum atomic E-state index is -4.38. The Labute approximate surface area is 104 Å². The van der Waals surface area contributed by atoms with Crippen molar-refractivity contribution in [3.05, 3.63) is 35.5 Å². The second-order valence-corrected chi connectivity index (χ2v) is 3.90. The van der Waals surface area contributed by atoms with Crippen LogP contribution in [0, 0.1) is 5.82 Å². The van der Waals surface area contributed by atoms with E-state index < -0.39 is 18.5 Å². The van der Waals surface area contributed by atoms with Crippen LogP contribution in [0.25, 0.3) is 11.3 Å². The van der Waals surface area contributed by atoms with Gasteiger partial charge in [0.25, 0.3) is 0 Å². The number of aromatic nitrogens is 3. The molecule has 0 amide bonds. The first-order valence-electron chi connectivity index (χ1n) is 4.76. The van der Waals surface area contributed by atoms with E-state index in [4.69, 9.17) is 11.6 Å². The van der Waals surface area contributed by atoms with Crippen LogP contribution in [0.3, 0.4) is 0 Å². The van der Waals surface area contributed by atoms with Crippen molar-refractivity contribution in [3.63, 3.8) is 0 Å². The van der Waals surface area contributed by atoms with Crippen LogP contribution in [0.4, 0.5) is 17.6 Å². The Morgan fingerprint density at radius 1 is 1.28 bits per heavy atom. The lowest BCUT2D eigenvalue weighted by Gasteiger charge is -2.05. The van der Waals surface area contributed by atoms with Crippen LogP contribution in [0.2, 0.25) is 5.02 Å². The summed E-state index contributed by atoms with van der Waals surface area (Å²) < 4.78 is 50.7. The van der Waals surface area contributed by atoms with E-state index in [0.29, 0.717) is 4.68 Å². The normalized spacial score (nSPS) is 11.8. The Bertz CT molecular complexity index is 564. The number of hydrogen-bond acceptors (Lipinski definition) is 2.